The zero-order valence-electron chi connectivity index (χ0n) is 11.5. The Balaban J connectivity index is 1.68. The highest BCUT2D eigenvalue weighted by Gasteiger charge is 2.58. The van der Waals surface area contributed by atoms with Crippen LogP contribution in [0.4, 0.5) is 0 Å². The summed E-state index contributed by atoms with van der Waals surface area (Å²) in [6.45, 7) is 2.75. The van der Waals surface area contributed by atoms with E-state index in [2.05, 4.69) is 6.92 Å². The third kappa shape index (κ3) is 2.15. The third-order valence-electron chi connectivity index (χ3n) is 5.55. The molecule has 3 aliphatic rings. The minimum atomic E-state index is -0.822. The summed E-state index contributed by atoms with van der Waals surface area (Å²) in [5.74, 6) is 1.09. The summed E-state index contributed by atoms with van der Waals surface area (Å²) in [5.41, 5.74) is 0. The van der Waals surface area contributed by atoms with Gasteiger partial charge in [-0.1, -0.05) is 19.8 Å². The van der Waals surface area contributed by atoms with E-state index in [1.807, 2.05) is 0 Å². The molecule has 2 aliphatic carbocycles. The topological polar surface area (TPSA) is 57.6 Å². The molecule has 3 rings (SSSR count). The van der Waals surface area contributed by atoms with Gasteiger partial charge in [0.2, 0.25) is 5.91 Å². The van der Waals surface area contributed by atoms with E-state index in [4.69, 9.17) is 0 Å². The highest BCUT2D eigenvalue weighted by molar-refractivity contribution is 5.87. The lowest BCUT2D eigenvalue weighted by Gasteiger charge is -2.37. The van der Waals surface area contributed by atoms with Crippen LogP contribution in [0.3, 0.4) is 0 Å². The molecule has 1 N–H and O–H groups in total. The second-order valence-corrected chi connectivity index (χ2v) is 6.47. The van der Waals surface area contributed by atoms with Gasteiger partial charge < -0.3 is 10.0 Å². The molecule has 19 heavy (non-hydrogen) atoms. The van der Waals surface area contributed by atoms with E-state index in [0.717, 1.165) is 12.8 Å². The number of aliphatic carboxylic acids is 1. The van der Waals surface area contributed by atoms with Gasteiger partial charge in [0.1, 0.15) is 6.04 Å². The molecule has 4 atom stereocenters. The SMILES string of the molecule is CCC1CCN(C(=O)C2C3CCCC32)C(C(=O)O)C1. The Morgan fingerprint density at radius 3 is 2.47 bits per heavy atom. The number of carboxylic acids is 1. The lowest BCUT2D eigenvalue weighted by atomic mass is 9.88. The number of piperidine rings is 1. The van der Waals surface area contributed by atoms with Gasteiger partial charge >= 0.3 is 5.97 Å². The fourth-order valence-electron chi connectivity index (χ4n) is 4.29. The first-order valence-corrected chi connectivity index (χ1v) is 7.66. The van der Waals surface area contributed by atoms with E-state index in [-0.39, 0.29) is 11.8 Å². The number of hydrogen-bond acceptors (Lipinski definition) is 2. The van der Waals surface area contributed by atoms with Crippen LogP contribution in [-0.2, 0) is 9.59 Å². The van der Waals surface area contributed by atoms with E-state index in [9.17, 15) is 14.7 Å². The first-order valence-electron chi connectivity index (χ1n) is 7.66. The van der Waals surface area contributed by atoms with Crippen LogP contribution >= 0.6 is 0 Å². The largest absolute Gasteiger partial charge is 0.480 e. The number of carbonyl (C=O) groups is 2. The molecule has 0 bridgehead atoms. The number of nitrogens with zero attached hydrogens (tertiary/aromatic N) is 1. The fourth-order valence-corrected chi connectivity index (χ4v) is 4.29. The smallest absolute Gasteiger partial charge is 0.326 e. The Bertz CT molecular complexity index is 385. The van der Waals surface area contributed by atoms with Crippen LogP contribution in [0.5, 0.6) is 0 Å². The summed E-state index contributed by atoms with van der Waals surface area (Å²) in [4.78, 5) is 25.7. The maximum atomic E-state index is 12.5. The molecule has 0 spiro atoms. The van der Waals surface area contributed by atoms with E-state index in [1.165, 1.54) is 19.3 Å². The summed E-state index contributed by atoms with van der Waals surface area (Å²) in [6, 6.07) is -0.576. The number of rotatable bonds is 3. The Kier molecular flexibility index (Phi) is 3.27. The fraction of sp³-hybridized carbons (Fsp3) is 0.867. The number of likely N-dealkylation sites (tertiary alicyclic amines) is 1. The average Bonchev–Trinajstić information content (AvgIpc) is 2.89. The van der Waals surface area contributed by atoms with Crippen molar-refractivity contribution in [3.05, 3.63) is 0 Å². The zero-order valence-corrected chi connectivity index (χ0v) is 11.5. The van der Waals surface area contributed by atoms with Gasteiger partial charge in [-0.15, -0.1) is 0 Å². The Hall–Kier alpha value is -1.06. The third-order valence-corrected chi connectivity index (χ3v) is 5.55. The molecule has 2 saturated carbocycles. The molecule has 4 heteroatoms. The van der Waals surface area contributed by atoms with E-state index in [1.54, 1.807) is 4.90 Å². The normalized spacial score (nSPS) is 40.9. The molecular weight excluding hydrogens is 242 g/mol. The van der Waals surface area contributed by atoms with Gasteiger partial charge in [-0.05, 0) is 43.4 Å². The zero-order chi connectivity index (χ0) is 13.6. The number of carbonyl (C=O) groups excluding carboxylic acids is 1. The van der Waals surface area contributed by atoms with Crippen molar-refractivity contribution in [1.29, 1.82) is 0 Å². The van der Waals surface area contributed by atoms with Gasteiger partial charge in [0.05, 0.1) is 0 Å². The van der Waals surface area contributed by atoms with Crippen LogP contribution in [-0.4, -0.2) is 34.5 Å². The summed E-state index contributed by atoms with van der Waals surface area (Å²) in [6.07, 6.45) is 6.21. The molecule has 0 aromatic rings. The Morgan fingerprint density at radius 1 is 1.21 bits per heavy atom. The molecule has 1 amide bonds. The minimum absolute atomic E-state index is 0.136. The van der Waals surface area contributed by atoms with E-state index < -0.39 is 12.0 Å². The molecule has 1 saturated heterocycles. The standard InChI is InChI=1S/C15H23NO3/c1-2-9-6-7-16(12(8-9)15(18)19)14(17)13-10-4-3-5-11(10)13/h9-13H,2-8H2,1H3,(H,18,19). The molecule has 0 aromatic carbocycles. The van der Waals surface area contributed by atoms with Crippen LogP contribution in [0, 0.1) is 23.7 Å². The van der Waals surface area contributed by atoms with E-state index >= 15 is 0 Å². The van der Waals surface area contributed by atoms with Crippen molar-refractivity contribution < 1.29 is 14.7 Å². The highest BCUT2D eigenvalue weighted by atomic mass is 16.4. The van der Waals surface area contributed by atoms with Gasteiger partial charge in [0.15, 0.2) is 0 Å². The molecule has 3 fully saturated rings. The van der Waals surface area contributed by atoms with Crippen LogP contribution < -0.4 is 0 Å². The predicted octanol–water partition coefficient (Wildman–Crippen LogP) is 2.13. The maximum absolute atomic E-state index is 12.5. The quantitative estimate of drug-likeness (QED) is 0.850. The number of hydrogen-bond donors (Lipinski definition) is 1. The van der Waals surface area contributed by atoms with Crippen molar-refractivity contribution in [3.63, 3.8) is 0 Å². The van der Waals surface area contributed by atoms with Crippen molar-refractivity contribution in [3.8, 4) is 0 Å². The molecule has 4 nitrogen and oxygen atoms in total. The molecule has 0 radical (unpaired) electrons. The van der Waals surface area contributed by atoms with Crippen LogP contribution in [0.1, 0.15) is 45.4 Å². The summed E-state index contributed by atoms with van der Waals surface area (Å²) >= 11 is 0. The highest BCUT2D eigenvalue weighted by Crippen LogP contribution is 2.58. The molecule has 106 valence electrons. The average molecular weight is 265 g/mol. The van der Waals surface area contributed by atoms with Gasteiger partial charge in [-0.2, -0.15) is 0 Å². The summed E-state index contributed by atoms with van der Waals surface area (Å²) in [7, 11) is 0. The lowest BCUT2D eigenvalue weighted by Crippen LogP contribution is -2.51. The molecule has 1 aliphatic heterocycles. The van der Waals surface area contributed by atoms with Crippen LogP contribution in [0.2, 0.25) is 0 Å². The summed E-state index contributed by atoms with van der Waals surface area (Å²) < 4.78 is 0. The molecule has 0 aromatic heterocycles. The molecule has 1 heterocycles. The van der Waals surface area contributed by atoms with Gasteiger partial charge in [-0.3, -0.25) is 4.79 Å². The van der Waals surface area contributed by atoms with Gasteiger partial charge in [0.25, 0.3) is 0 Å². The Morgan fingerprint density at radius 2 is 1.89 bits per heavy atom. The number of amides is 1. The van der Waals surface area contributed by atoms with Gasteiger partial charge in [-0.25, -0.2) is 4.79 Å². The van der Waals surface area contributed by atoms with Crippen molar-refractivity contribution in [2.75, 3.05) is 6.54 Å². The van der Waals surface area contributed by atoms with Crippen LogP contribution in [0.15, 0.2) is 0 Å². The lowest BCUT2D eigenvalue weighted by molar-refractivity contribution is -0.154. The first kappa shape index (κ1) is 12.9. The van der Waals surface area contributed by atoms with Crippen LogP contribution in [0.25, 0.3) is 0 Å². The predicted molar refractivity (Wildman–Crippen MR) is 70.5 cm³/mol. The molecular formula is C15H23NO3. The van der Waals surface area contributed by atoms with Crippen molar-refractivity contribution >= 4 is 11.9 Å². The number of carboxylic acid groups (broad SMARTS) is 1. The van der Waals surface area contributed by atoms with Gasteiger partial charge in [0, 0.05) is 12.5 Å². The molecule has 4 unspecified atom stereocenters. The second kappa shape index (κ2) is 4.80. The van der Waals surface area contributed by atoms with Crippen molar-refractivity contribution in [2.24, 2.45) is 23.7 Å². The summed E-state index contributed by atoms with van der Waals surface area (Å²) in [5, 5.41) is 9.38. The number of fused-ring (bicyclic) bond motifs is 1. The van der Waals surface area contributed by atoms with Crippen molar-refractivity contribution in [2.45, 2.75) is 51.5 Å². The Labute approximate surface area is 114 Å². The van der Waals surface area contributed by atoms with Crippen molar-refractivity contribution in [1.82, 2.24) is 4.90 Å². The van der Waals surface area contributed by atoms with E-state index in [0.29, 0.717) is 30.7 Å². The monoisotopic (exact) mass is 265 g/mol. The minimum Gasteiger partial charge on any atom is -0.480 e. The second-order valence-electron chi connectivity index (χ2n) is 6.47. The first-order chi connectivity index (χ1) is 9.13. The maximum Gasteiger partial charge on any atom is 0.326 e.